The Bertz CT molecular complexity index is 2110. The maximum atomic E-state index is 12.5. The molecule has 0 amide bonds. The standard InChI is InChI=1S/C12H8ClN3O2S.C6H4ClN3.C6H5ClO2S.C4H8O.C4H9O.Na/c13-11-10-6-7-16(12(10)15-8-14-11)19(17,18)9-4-2-1-3-5-9;7-5-4-1-2-8-6(4)10-3-9-5;7-10(8,9)6-4-2-1-3-5-6;1-2-4-5-3-1;1-4(2,3)5;/h1-8H;1-3H,(H,8,9,10);1-5H;1-4H2;1-3H3;/q;;;;-1;+1. The van der Waals surface area contributed by atoms with Gasteiger partial charge in [0.15, 0.2) is 5.65 Å². The molecule has 1 N–H and O–H groups in total. The number of rotatable bonds is 3. The predicted octanol–water partition coefficient (Wildman–Crippen LogP) is 3.49. The van der Waals surface area contributed by atoms with Crippen LogP contribution < -0.4 is 34.7 Å². The minimum Gasteiger partial charge on any atom is -0.850 e. The fourth-order valence-electron chi connectivity index (χ4n) is 3.73. The summed E-state index contributed by atoms with van der Waals surface area (Å²) in [6, 6.07) is 19.4. The number of aromatic amines is 1. The van der Waals surface area contributed by atoms with Crippen LogP contribution in [0.1, 0.15) is 33.6 Å². The van der Waals surface area contributed by atoms with Gasteiger partial charge >= 0.3 is 29.6 Å². The Morgan fingerprint density at radius 3 is 1.72 bits per heavy atom. The molecule has 18 heteroatoms. The van der Waals surface area contributed by atoms with Crippen molar-refractivity contribution in [1.29, 1.82) is 0 Å². The molecule has 0 unspecified atom stereocenters. The zero-order valence-corrected chi connectivity index (χ0v) is 33.6. The summed E-state index contributed by atoms with van der Waals surface area (Å²) in [6.07, 6.45) is 8.43. The summed E-state index contributed by atoms with van der Waals surface area (Å²) >= 11 is 11.6. The normalized spacial score (nSPS) is 12.5. The van der Waals surface area contributed by atoms with Crippen molar-refractivity contribution in [3.63, 3.8) is 0 Å². The molecular weight excluding hydrogens is 758 g/mol. The van der Waals surface area contributed by atoms with Gasteiger partial charge in [-0.3, -0.25) is 0 Å². The molecule has 1 fully saturated rings. The molecule has 0 spiro atoms. The Kier molecular flexibility index (Phi) is 17.8. The summed E-state index contributed by atoms with van der Waals surface area (Å²) in [6.45, 7) is 6.90. The van der Waals surface area contributed by atoms with Gasteiger partial charge in [0.05, 0.1) is 20.6 Å². The molecule has 0 atom stereocenters. The second-order valence-electron chi connectivity index (χ2n) is 10.9. The van der Waals surface area contributed by atoms with E-state index in [4.69, 9.17) is 38.6 Å². The van der Waals surface area contributed by atoms with Crippen molar-refractivity contribution >= 4 is 75.0 Å². The number of H-pyrrole nitrogens is 1. The smallest absolute Gasteiger partial charge is 0.850 e. The number of fused-ring (bicyclic) bond motifs is 2. The Labute approximate surface area is 328 Å². The van der Waals surface area contributed by atoms with Crippen molar-refractivity contribution in [2.75, 3.05) is 13.2 Å². The fourth-order valence-corrected chi connectivity index (χ4v) is 6.23. The third kappa shape index (κ3) is 14.2. The van der Waals surface area contributed by atoms with E-state index in [-0.39, 0.29) is 50.1 Å². The number of benzene rings is 2. The summed E-state index contributed by atoms with van der Waals surface area (Å²) in [4.78, 5) is 18.8. The first kappa shape index (κ1) is 43.5. The summed E-state index contributed by atoms with van der Waals surface area (Å²) in [7, 11) is -2.17. The Hall–Kier alpha value is -2.63. The maximum absolute atomic E-state index is 12.5. The van der Waals surface area contributed by atoms with Crippen LogP contribution in [-0.2, 0) is 23.8 Å². The minimum atomic E-state index is -3.67. The topological polar surface area (TPSA) is 173 Å². The van der Waals surface area contributed by atoms with Crippen LogP contribution in [0.4, 0.5) is 0 Å². The average molecular weight is 792 g/mol. The molecule has 0 radical (unpaired) electrons. The Morgan fingerprint density at radius 1 is 0.760 bits per heavy atom. The number of halogens is 3. The molecule has 12 nitrogen and oxygen atoms in total. The monoisotopic (exact) mass is 790 g/mol. The second-order valence-corrected chi connectivity index (χ2v) is 16.0. The van der Waals surface area contributed by atoms with Crippen molar-refractivity contribution in [2.24, 2.45) is 0 Å². The van der Waals surface area contributed by atoms with Crippen molar-refractivity contribution < 1.29 is 56.2 Å². The Balaban J connectivity index is 0.000000238. The molecular formula is C32H34Cl3N6NaO6S2. The predicted molar refractivity (Wildman–Crippen MR) is 190 cm³/mol. The van der Waals surface area contributed by atoms with E-state index in [2.05, 4.69) is 24.9 Å². The Morgan fingerprint density at radius 2 is 1.26 bits per heavy atom. The first-order chi connectivity index (χ1) is 23.1. The van der Waals surface area contributed by atoms with Crippen LogP contribution in [0.2, 0.25) is 10.3 Å². The molecule has 6 aromatic rings. The molecule has 7 rings (SSSR count). The summed E-state index contributed by atoms with van der Waals surface area (Å²) in [5.41, 5.74) is 0.295. The van der Waals surface area contributed by atoms with E-state index < -0.39 is 24.7 Å². The van der Waals surface area contributed by atoms with E-state index in [0.29, 0.717) is 10.5 Å². The fraction of sp³-hybridized carbons (Fsp3) is 0.250. The van der Waals surface area contributed by atoms with Gasteiger partial charge < -0.3 is 14.8 Å². The number of hydrogen-bond acceptors (Lipinski definition) is 10. The zero-order chi connectivity index (χ0) is 36.1. The average Bonchev–Trinajstić information content (AvgIpc) is 3.86. The van der Waals surface area contributed by atoms with Crippen molar-refractivity contribution in [2.45, 2.75) is 49.0 Å². The number of nitrogens with one attached hydrogen (secondary N) is 1. The van der Waals surface area contributed by atoms with Crippen molar-refractivity contribution in [3.8, 4) is 0 Å². The molecule has 4 aromatic heterocycles. The van der Waals surface area contributed by atoms with E-state index in [1.165, 1.54) is 56.0 Å². The zero-order valence-electron chi connectivity index (χ0n) is 27.7. The molecule has 262 valence electrons. The SMILES string of the molecule is C1CCOC1.CC(C)(C)[O-].Clc1ncnc2[nH]ccc12.O=S(=O)(Cl)c1ccccc1.O=S(=O)(c1ccccc1)n1ccc2c(Cl)ncnc21.[Na+]. The summed E-state index contributed by atoms with van der Waals surface area (Å²) in [5.74, 6) is 0. The quantitative estimate of drug-likeness (QED) is 0.159. The number of ether oxygens (including phenoxy) is 1. The van der Waals surface area contributed by atoms with Crippen LogP contribution in [0.5, 0.6) is 0 Å². The van der Waals surface area contributed by atoms with Crippen LogP contribution in [0.15, 0.2) is 108 Å². The first-order valence-electron chi connectivity index (χ1n) is 14.6. The largest absolute Gasteiger partial charge is 1.00 e. The van der Waals surface area contributed by atoms with Gasteiger partial charge in [-0.1, -0.05) is 80.4 Å². The van der Waals surface area contributed by atoms with Gasteiger partial charge in [-0.2, -0.15) is 0 Å². The van der Waals surface area contributed by atoms with E-state index >= 15 is 0 Å². The van der Waals surface area contributed by atoms with Gasteiger partial charge in [0.25, 0.3) is 19.1 Å². The molecule has 50 heavy (non-hydrogen) atoms. The second kappa shape index (κ2) is 20.4. The third-order valence-electron chi connectivity index (χ3n) is 5.86. The molecule has 1 aliphatic rings. The van der Waals surface area contributed by atoms with E-state index in [1.807, 2.05) is 6.07 Å². The van der Waals surface area contributed by atoms with E-state index in [1.54, 1.807) is 69.4 Å². The van der Waals surface area contributed by atoms with Crippen LogP contribution >= 0.6 is 33.9 Å². The number of nitrogens with zero attached hydrogens (tertiary/aromatic N) is 5. The van der Waals surface area contributed by atoms with Crippen LogP contribution in [0.3, 0.4) is 0 Å². The molecule has 1 saturated heterocycles. The molecule has 0 saturated carbocycles. The van der Waals surface area contributed by atoms with Gasteiger partial charge in [-0.15, -0.1) is 5.60 Å². The van der Waals surface area contributed by atoms with Crippen LogP contribution in [-0.4, -0.2) is 64.5 Å². The maximum Gasteiger partial charge on any atom is 1.00 e. The summed E-state index contributed by atoms with van der Waals surface area (Å²) in [5, 5.41) is 12.2. The van der Waals surface area contributed by atoms with Crippen molar-refractivity contribution in [3.05, 3.63) is 108 Å². The third-order valence-corrected chi connectivity index (χ3v) is 9.51. The molecule has 2 aromatic carbocycles. The molecule has 0 aliphatic carbocycles. The van der Waals surface area contributed by atoms with Gasteiger partial charge in [-0.25, -0.2) is 40.7 Å². The summed E-state index contributed by atoms with van der Waals surface area (Å²) < 4.78 is 52.2. The minimum absolute atomic E-state index is 0. The van der Waals surface area contributed by atoms with E-state index in [0.717, 1.165) is 28.2 Å². The molecule has 0 bridgehead atoms. The number of aromatic nitrogens is 6. The number of hydrogen-bond donors (Lipinski definition) is 1. The molecule has 5 heterocycles. The van der Waals surface area contributed by atoms with Gasteiger partial charge in [0, 0.05) is 36.3 Å². The van der Waals surface area contributed by atoms with Gasteiger partial charge in [0.1, 0.15) is 28.6 Å². The van der Waals surface area contributed by atoms with Gasteiger partial charge in [-0.05, 0) is 49.2 Å². The molecule has 1 aliphatic heterocycles. The van der Waals surface area contributed by atoms with Gasteiger partial charge in [0.2, 0.25) is 0 Å². The van der Waals surface area contributed by atoms with E-state index in [9.17, 15) is 21.9 Å². The van der Waals surface area contributed by atoms with Crippen LogP contribution in [0, 0.1) is 0 Å². The van der Waals surface area contributed by atoms with Crippen LogP contribution in [0.25, 0.3) is 22.1 Å². The first-order valence-corrected chi connectivity index (χ1v) is 19.1. The van der Waals surface area contributed by atoms with Crippen molar-refractivity contribution in [1.82, 2.24) is 28.9 Å².